The molecule has 41 heavy (non-hydrogen) atoms. The van der Waals surface area contributed by atoms with Gasteiger partial charge in [0.1, 0.15) is 12.7 Å². The molecule has 0 amide bonds. The number of aliphatic hydroxyl groups excluding tert-OH is 1. The molecule has 1 aliphatic carbocycles. The Morgan fingerprint density at radius 2 is 1.24 bits per heavy atom. The second kappa shape index (κ2) is 27.6. The van der Waals surface area contributed by atoms with E-state index >= 15 is 0 Å². The van der Waals surface area contributed by atoms with E-state index in [4.69, 9.17) is 14.2 Å². The van der Waals surface area contributed by atoms with Crippen molar-refractivity contribution in [1.82, 2.24) is 4.90 Å². The summed E-state index contributed by atoms with van der Waals surface area (Å²) in [7, 11) is 0. The fourth-order valence-electron chi connectivity index (χ4n) is 5.66. The van der Waals surface area contributed by atoms with E-state index in [0.717, 1.165) is 103 Å². The van der Waals surface area contributed by atoms with E-state index in [1.54, 1.807) is 0 Å². The molecule has 0 saturated heterocycles. The van der Waals surface area contributed by atoms with Crippen LogP contribution in [0.4, 0.5) is 0 Å². The van der Waals surface area contributed by atoms with Gasteiger partial charge in [0.2, 0.25) is 0 Å². The minimum Gasteiger partial charge on any atom is -0.463 e. The molecule has 0 bridgehead atoms. The molecular formula is C34H65NO6. The molecule has 0 aliphatic heterocycles. The molecule has 1 aliphatic rings. The summed E-state index contributed by atoms with van der Waals surface area (Å²) >= 11 is 0. The molecular weight excluding hydrogens is 518 g/mol. The molecule has 7 heteroatoms. The Bertz CT molecular complexity index is 608. The van der Waals surface area contributed by atoms with Crippen molar-refractivity contribution in [3.05, 3.63) is 0 Å². The van der Waals surface area contributed by atoms with Gasteiger partial charge in [0.15, 0.2) is 0 Å². The topological polar surface area (TPSA) is 85.3 Å². The van der Waals surface area contributed by atoms with Gasteiger partial charge >= 0.3 is 11.9 Å². The molecule has 0 spiro atoms. The number of ether oxygens (including phenoxy) is 3. The fraction of sp³-hybridized carbons (Fsp3) is 0.941. The van der Waals surface area contributed by atoms with Crippen molar-refractivity contribution in [3.63, 3.8) is 0 Å². The van der Waals surface area contributed by atoms with Crippen LogP contribution in [0.3, 0.4) is 0 Å². The Balaban J connectivity index is 1.94. The van der Waals surface area contributed by atoms with E-state index < -0.39 is 0 Å². The zero-order chi connectivity index (χ0) is 29.8. The standard InChI is InChI=1S/C34H65NO6/c1-3-5-17-31-20-22-32(23-21-31)41-34(38)19-14-12-16-25-35(26-27-36)24-15-11-9-7-8-10-13-18-33(37)40-30-29-39-28-6-4-2/h31-32,36H,3-30H2,1-2H3. The normalized spacial score (nSPS) is 17.2. The van der Waals surface area contributed by atoms with Crippen molar-refractivity contribution >= 4 is 11.9 Å². The van der Waals surface area contributed by atoms with Gasteiger partial charge in [-0.05, 0) is 76.8 Å². The fourth-order valence-corrected chi connectivity index (χ4v) is 5.66. The summed E-state index contributed by atoms with van der Waals surface area (Å²) in [4.78, 5) is 26.4. The van der Waals surface area contributed by atoms with Crippen LogP contribution < -0.4 is 0 Å². The molecule has 1 N–H and O–H groups in total. The van der Waals surface area contributed by atoms with E-state index in [1.807, 2.05) is 0 Å². The van der Waals surface area contributed by atoms with Gasteiger partial charge in [-0.15, -0.1) is 0 Å². The summed E-state index contributed by atoms with van der Waals surface area (Å²) in [5, 5.41) is 9.44. The highest BCUT2D eigenvalue weighted by molar-refractivity contribution is 5.69. The van der Waals surface area contributed by atoms with Gasteiger partial charge in [0, 0.05) is 26.0 Å². The third kappa shape index (κ3) is 23.0. The first-order valence-corrected chi connectivity index (χ1v) is 17.3. The van der Waals surface area contributed by atoms with E-state index in [9.17, 15) is 14.7 Å². The average Bonchev–Trinajstić information content (AvgIpc) is 2.97. The molecule has 1 rings (SSSR count). The monoisotopic (exact) mass is 583 g/mol. The smallest absolute Gasteiger partial charge is 0.306 e. The van der Waals surface area contributed by atoms with E-state index in [2.05, 4.69) is 18.7 Å². The van der Waals surface area contributed by atoms with Crippen LogP contribution in [0, 0.1) is 5.92 Å². The minimum atomic E-state index is -0.108. The molecule has 0 atom stereocenters. The maximum atomic E-state index is 12.3. The maximum Gasteiger partial charge on any atom is 0.306 e. The number of carbonyl (C=O) groups is 2. The van der Waals surface area contributed by atoms with Crippen LogP contribution in [0.15, 0.2) is 0 Å². The minimum absolute atomic E-state index is 0.0163. The van der Waals surface area contributed by atoms with Crippen LogP contribution in [-0.4, -0.2) is 74.1 Å². The molecule has 0 aromatic rings. The zero-order valence-corrected chi connectivity index (χ0v) is 26.9. The van der Waals surface area contributed by atoms with E-state index in [0.29, 0.717) is 26.1 Å². The lowest BCUT2D eigenvalue weighted by atomic mass is 9.84. The van der Waals surface area contributed by atoms with Crippen molar-refractivity contribution in [2.75, 3.05) is 46.1 Å². The SMILES string of the molecule is CCCCOCCOC(=O)CCCCCCCCCN(CCO)CCCCCC(=O)OC1CCC(CCCC)CC1. The van der Waals surface area contributed by atoms with Gasteiger partial charge in [-0.25, -0.2) is 0 Å². The summed E-state index contributed by atoms with van der Waals surface area (Å²) in [6.07, 6.45) is 22.7. The van der Waals surface area contributed by atoms with E-state index in [1.165, 1.54) is 51.4 Å². The summed E-state index contributed by atoms with van der Waals surface area (Å²) in [6, 6.07) is 0. The Morgan fingerprint density at radius 1 is 0.659 bits per heavy atom. The second-order valence-corrected chi connectivity index (χ2v) is 12.1. The van der Waals surface area contributed by atoms with Crippen LogP contribution in [0.2, 0.25) is 0 Å². The number of aliphatic hydroxyl groups is 1. The second-order valence-electron chi connectivity index (χ2n) is 12.1. The van der Waals surface area contributed by atoms with Crippen molar-refractivity contribution < 1.29 is 28.9 Å². The quantitative estimate of drug-likeness (QED) is 0.0749. The van der Waals surface area contributed by atoms with Crippen molar-refractivity contribution in [1.29, 1.82) is 0 Å². The van der Waals surface area contributed by atoms with Crippen molar-refractivity contribution in [3.8, 4) is 0 Å². The van der Waals surface area contributed by atoms with E-state index in [-0.39, 0.29) is 24.6 Å². The van der Waals surface area contributed by atoms with Gasteiger partial charge < -0.3 is 24.2 Å². The lowest BCUT2D eigenvalue weighted by Crippen LogP contribution is -2.29. The molecule has 242 valence electrons. The van der Waals surface area contributed by atoms with Crippen LogP contribution in [0.1, 0.15) is 149 Å². The predicted molar refractivity (Wildman–Crippen MR) is 167 cm³/mol. The molecule has 0 aromatic carbocycles. The first kappa shape index (κ1) is 37.8. The summed E-state index contributed by atoms with van der Waals surface area (Å²) in [6.45, 7) is 8.92. The lowest BCUT2D eigenvalue weighted by molar-refractivity contribution is -0.151. The molecule has 0 heterocycles. The van der Waals surface area contributed by atoms with Crippen LogP contribution >= 0.6 is 0 Å². The van der Waals surface area contributed by atoms with Crippen molar-refractivity contribution in [2.24, 2.45) is 5.92 Å². The first-order chi connectivity index (χ1) is 20.1. The molecule has 7 nitrogen and oxygen atoms in total. The number of carbonyl (C=O) groups excluding carboxylic acids is 2. The Morgan fingerprint density at radius 3 is 1.88 bits per heavy atom. The summed E-state index contributed by atoms with van der Waals surface area (Å²) in [5.74, 6) is 0.715. The number of hydrogen-bond donors (Lipinski definition) is 1. The van der Waals surface area contributed by atoms with Gasteiger partial charge in [-0.1, -0.05) is 78.1 Å². The molecule has 0 radical (unpaired) electrons. The van der Waals surface area contributed by atoms with Crippen LogP contribution in [0.25, 0.3) is 0 Å². The maximum absolute atomic E-state index is 12.3. The van der Waals surface area contributed by atoms with Crippen molar-refractivity contribution in [2.45, 2.75) is 155 Å². The molecule has 0 aromatic heterocycles. The third-order valence-corrected chi connectivity index (χ3v) is 8.32. The Labute approximate surface area is 252 Å². The predicted octanol–water partition coefficient (Wildman–Crippen LogP) is 7.61. The summed E-state index contributed by atoms with van der Waals surface area (Å²) < 4.78 is 16.4. The molecule has 0 unspecified atom stereocenters. The first-order valence-electron chi connectivity index (χ1n) is 17.3. The highest BCUT2D eigenvalue weighted by Crippen LogP contribution is 2.30. The Hall–Kier alpha value is -1.18. The molecule has 1 saturated carbocycles. The highest BCUT2D eigenvalue weighted by Gasteiger charge is 2.23. The van der Waals surface area contributed by atoms with Crippen LogP contribution in [-0.2, 0) is 23.8 Å². The zero-order valence-electron chi connectivity index (χ0n) is 26.9. The molecule has 1 fully saturated rings. The largest absolute Gasteiger partial charge is 0.463 e. The van der Waals surface area contributed by atoms with Gasteiger partial charge in [-0.3, -0.25) is 9.59 Å². The van der Waals surface area contributed by atoms with Gasteiger partial charge in [0.05, 0.1) is 13.2 Å². The lowest BCUT2D eigenvalue weighted by Gasteiger charge is -2.28. The number of unbranched alkanes of at least 4 members (excludes halogenated alkanes) is 10. The highest BCUT2D eigenvalue weighted by atomic mass is 16.6. The third-order valence-electron chi connectivity index (χ3n) is 8.32. The number of rotatable bonds is 28. The average molecular weight is 584 g/mol. The van der Waals surface area contributed by atoms with Gasteiger partial charge in [-0.2, -0.15) is 0 Å². The van der Waals surface area contributed by atoms with Gasteiger partial charge in [0.25, 0.3) is 0 Å². The Kier molecular flexibility index (Phi) is 25.5. The number of esters is 2. The van der Waals surface area contributed by atoms with Crippen LogP contribution in [0.5, 0.6) is 0 Å². The number of hydrogen-bond acceptors (Lipinski definition) is 7. The number of nitrogens with zero attached hydrogens (tertiary/aromatic N) is 1. The summed E-state index contributed by atoms with van der Waals surface area (Å²) in [5.41, 5.74) is 0.